The van der Waals surface area contributed by atoms with Crippen molar-refractivity contribution in [1.29, 1.82) is 0 Å². The van der Waals surface area contributed by atoms with E-state index in [1.54, 1.807) is 13.0 Å². The first kappa shape index (κ1) is 21.4. The molecule has 0 radical (unpaired) electrons. The fourth-order valence-corrected chi connectivity index (χ4v) is 3.64. The number of primary amides is 1. The van der Waals surface area contributed by atoms with E-state index in [0.717, 1.165) is 19.7 Å². The first-order valence-corrected chi connectivity index (χ1v) is 9.89. The van der Waals surface area contributed by atoms with Crippen LogP contribution in [0.5, 0.6) is 0 Å². The Balaban J connectivity index is 2.31. The van der Waals surface area contributed by atoms with E-state index in [-0.39, 0.29) is 0 Å². The average molecular weight is 404 g/mol. The number of nitrogens with two attached hydrogens (primary N) is 1. The van der Waals surface area contributed by atoms with Crippen molar-refractivity contribution in [3.05, 3.63) is 59.2 Å². The topological polar surface area (TPSA) is 113 Å². The molecule has 0 aliphatic carbocycles. The van der Waals surface area contributed by atoms with Crippen LogP contribution in [-0.4, -0.2) is 45.2 Å². The highest BCUT2D eigenvalue weighted by Crippen LogP contribution is 2.25. The summed E-state index contributed by atoms with van der Waals surface area (Å²) in [5.41, 5.74) is 7.98. The number of hydrogen-bond acceptors (Lipinski definition) is 4. The molecule has 0 aliphatic rings. The fraction of sp³-hybridized carbons (Fsp3) is 0.263. The third-order valence-electron chi connectivity index (χ3n) is 4.11. The summed E-state index contributed by atoms with van der Waals surface area (Å²) in [7, 11) is -1.07. The van der Waals surface area contributed by atoms with Crippen LogP contribution >= 0.6 is 0 Å². The molecule has 0 unspecified atom stereocenters. The molecular weight excluding hydrogens is 380 g/mol. The predicted octanol–water partition coefficient (Wildman–Crippen LogP) is 1.65. The van der Waals surface area contributed by atoms with E-state index in [1.165, 1.54) is 38.4 Å². The van der Waals surface area contributed by atoms with Gasteiger partial charge in [-0.3, -0.25) is 9.59 Å². The van der Waals surface area contributed by atoms with Crippen LogP contribution in [0.1, 0.15) is 21.5 Å². The summed E-state index contributed by atoms with van der Waals surface area (Å²) >= 11 is 0. The number of nitrogens with one attached hydrogen (secondary N) is 1. The molecule has 28 heavy (non-hydrogen) atoms. The fourth-order valence-electron chi connectivity index (χ4n) is 2.53. The molecule has 2 rings (SSSR count). The Kier molecular flexibility index (Phi) is 6.42. The molecule has 0 saturated heterocycles. The Morgan fingerprint density at radius 1 is 1.04 bits per heavy atom. The summed E-state index contributed by atoms with van der Waals surface area (Å²) in [6, 6.07) is 11.4. The van der Waals surface area contributed by atoms with Gasteiger partial charge < -0.3 is 11.1 Å². The maximum atomic E-state index is 12.8. The van der Waals surface area contributed by atoms with Crippen molar-refractivity contribution in [2.45, 2.75) is 13.8 Å². The van der Waals surface area contributed by atoms with E-state index < -0.39 is 28.6 Å². The minimum Gasteiger partial charge on any atom is -0.366 e. The van der Waals surface area contributed by atoms with Crippen LogP contribution in [0, 0.1) is 13.8 Å². The van der Waals surface area contributed by atoms with Gasteiger partial charge in [-0.15, -0.1) is 0 Å². The number of aryl methyl sites for hydroxylation is 2. The minimum absolute atomic E-state index is 0.310. The van der Waals surface area contributed by atoms with Gasteiger partial charge in [-0.25, -0.2) is 4.31 Å². The van der Waals surface area contributed by atoms with E-state index in [2.05, 4.69) is 5.32 Å². The number of carbonyl (C=O) groups excluding carboxylic acids is 2. The van der Waals surface area contributed by atoms with Gasteiger partial charge in [0.2, 0.25) is 11.8 Å². The zero-order valence-corrected chi connectivity index (χ0v) is 17.1. The Labute approximate surface area is 165 Å². The summed E-state index contributed by atoms with van der Waals surface area (Å²) in [6.45, 7) is 3.24. The molecule has 2 aromatic carbocycles. The van der Waals surface area contributed by atoms with Crippen LogP contribution in [0.4, 0.5) is 11.4 Å². The number of hydrogen-bond donors (Lipinski definition) is 2. The summed E-state index contributed by atoms with van der Waals surface area (Å²) in [5.74, 6) is -1.09. The molecule has 8 nitrogen and oxygen atoms in total. The molecule has 9 heteroatoms. The zero-order valence-electron chi connectivity index (χ0n) is 16.3. The molecule has 0 atom stereocenters. The number of benzene rings is 2. The Bertz CT molecular complexity index is 985. The Morgan fingerprint density at radius 3 is 2.18 bits per heavy atom. The van der Waals surface area contributed by atoms with E-state index in [9.17, 15) is 18.0 Å². The van der Waals surface area contributed by atoms with Gasteiger partial charge in [-0.1, -0.05) is 12.1 Å². The second kappa shape index (κ2) is 8.41. The van der Waals surface area contributed by atoms with Crippen LogP contribution in [0.15, 0.2) is 42.5 Å². The first-order valence-electron chi connectivity index (χ1n) is 8.49. The Morgan fingerprint density at radius 2 is 1.64 bits per heavy atom. The zero-order chi connectivity index (χ0) is 21.1. The second-order valence-corrected chi connectivity index (χ2v) is 8.64. The van der Waals surface area contributed by atoms with E-state index >= 15 is 0 Å². The lowest BCUT2D eigenvalue weighted by atomic mass is 10.1. The summed E-state index contributed by atoms with van der Waals surface area (Å²) in [6.07, 6.45) is 0. The molecule has 0 bridgehead atoms. The molecule has 0 aromatic heterocycles. The molecule has 3 N–H and O–H groups in total. The quantitative estimate of drug-likeness (QED) is 0.730. The maximum absolute atomic E-state index is 12.8. The molecule has 0 spiro atoms. The standard InChI is InChI=1S/C19H24N4O4S/c1-13-5-6-14(2)17(11-13)23(28(26,27)22(3)4)12-18(24)21-16-9-7-15(8-10-16)19(20)25/h5-11H,12H2,1-4H3,(H2,20,25)(H,21,24). The van der Waals surface area contributed by atoms with Crippen molar-refractivity contribution in [1.82, 2.24) is 4.31 Å². The maximum Gasteiger partial charge on any atom is 0.304 e. The van der Waals surface area contributed by atoms with Gasteiger partial charge >= 0.3 is 10.2 Å². The van der Waals surface area contributed by atoms with Crippen molar-refractivity contribution in [2.75, 3.05) is 30.3 Å². The lowest BCUT2D eigenvalue weighted by Crippen LogP contribution is -2.44. The number of nitrogens with zero attached hydrogens (tertiary/aromatic N) is 2. The van der Waals surface area contributed by atoms with Crippen LogP contribution in [0.25, 0.3) is 0 Å². The van der Waals surface area contributed by atoms with E-state index in [0.29, 0.717) is 16.9 Å². The molecule has 0 fully saturated rings. The smallest absolute Gasteiger partial charge is 0.304 e. The second-order valence-electron chi connectivity index (χ2n) is 6.58. The minimum atomic E-state index is -3.89. The van der Waals surface area contributed by atoms with Crippen LogP contribution in [0.2, 0.25) is 0 Å². The average Bonchev–Trinajstić information content (AvgIpc) is 2.62. The monoisotopic (exact) mass is 404 g/mol. The van der Waals surface area contributed by atoms with Crippen LogP contribution in [-0.2, 0) is 15.0 Å². The van der Waals surface area contributed by atoms with Crippen molar-refractivity contribution >= 4 is 33.4 Å². The highest BCUT2D eigenvalue weighted by atomic mass is 32.2. The van der Waals surface area contributed by atoms with Crippen molar-refractivity contribution in [3.8, 4) is 0 Å². The largest absolute Gasteiger partial charge is 0.366 e. The molecule has 0 saturated carbocycles. The molecule has 0 heterocycles. The third-order valence-corrected chi connectivity index (χ3v) is 5.92. The first-order chi connectivity index (χ1) is 13.0. The summed E-state index contributed by atoms with van der Waals surface area (Å²) in [5, 5.41) is 2.64. The van der Waals surface area contributed by atoms with Gasteiger partial charge in [0, 0.05) is 25.3 Å². The lowest BCUT2D eigenvalue weighted by Gasteiger charge is -2.28. The lowest BCUT2D eigenvalue weighted by molar-refractivity contribution is -0.114. The van der Waals surface area contributed by atoms with E-state index in [4.69, 9.17) is 5.73 Å². The third kappa shape index (κ3) is 4.87. The predicted molar refractivity (Wildman–Crippen MR) is 109 cm³/mol. The SMILES string of the molecule is Cc1ccc(C)c(N(CC(=O)Nc2ccc(C(N)=O)cc2)S(=O)(=O)N(C)C)c1. The van der Waals surface area contributed by atoms with Gasteiger partial charge in [0.15, 0.2) is 0 Å². The number of rotatable bonds is 7. The molecule has 2 aromatic rings. The number of amides is 2. The van der Waals surface area contributed by atoms with E-state index in [1.807, 2.05) is 19.1 Å². The van der Waals surface area contributed by atoms with Crippen molar-refractivity contribution in [3.63, 3.8) is 0 Å². The number of carbonyl (C=O) groups is 2. The van der Waals surface area contributed by atoms with Crippen LogP contribution in [0.3, 0.4) is 0 Å². The van der Waals surface area contributed by atoms with Gasteiger partial charge in [-0.2, -0.15) is 12.7 Å². The Hall–Kier alpha value is -2.91. The van der Waals surface area contributed by atoms with Crippen LogP contribution < -0.4 is 15.4 Å². The highest BCUT2D eigenvalue weighted by Gasteiger charge is 2.28. The van der Waals surface area contributed by atoms with Gasteiger partial charge in [0.1, 0.15) is 6.54 Å². The van der Waals surface area contributed by atoms with Gasteiger partial charge in [0.05, 0.1) is 5.69 Å². The number of anilines is 2. The molecule has 2 amide bonds. The van der Waals surface area contributed by atoms with Gasteiger partial charge in [0.25, 0.3) is 0 Å². The van der Waals surface area contributed by atoms with Crippen molar-refractivity contribution in [2.24, 2.45) is 5.73 Å². The van der Waals surface area contributed by atoms with Gasteiger partial charge in [-0.05, 0) is 55.3 Å². The van der Waals surface area contributed by atoms with Crippen molar-refractivity contribution < 1.29 is 18.0 Å². The summed E-state index contributed by atoms with van der Waals surface area (Å²) < 4.78 is 27.8. The molecule has 0 aliphatic heterocycles. The normalized spacial score (nSPS) is 11.3. The highest BCUT2D eigenvalue weighted by molar-refractivity contribution is 7.90. The molecular formula is C19H24N4O4S. The summed E-state index contributed by atoms with van der Waals surface area (Å²) in [4.78, 5) is 23.7. The molecule has 150 valence electrons.